The lowest BCUT2D eigenvalue weighted by molar-refractivity contribution is 0.0390. The Morgan fingerprint density at radius 1 is 1.62 bits per heavy atom. The topological polar surface area (TPSA) is 53.4 Å². The quantitative estimate of drug-likeness (QED) is 0.710. The van der Waals surface area contributed by atoms with E-state index in [0.29, 0.717) is 24.3 Å². The number of esters is 1. The van der Waals surface area contributed by atoms with E-state index in [4.69, 9.17) is 9.47 Å². The molecule has 1 aromatic rings. The standard InChI is InChI=1S/C11H18N2O3/c1-8(15-4)5-6-16-11(14)10-7-13(3)12-9(10)2/h7-8H,5-6H2,1-4H3/t8-/m0/s1. The van der Waals surface area contributed by atoms with Crippen molar-refractivity contribution in [2.75, 3.05) is 13.7 Å². The summed E-state index contributed by atoms with van der Waals surface area (Å²) < 4.78 is 11.8. The highest BCUT2D eigenvalue weighted by atomic mass is 16.5. The van der Waals surface area contributed by atoms with Crippen LogP contribution >= 0.6 is 0 Å². The van der Waals surface area contributed by atoms with Gasteiger partial charge in [-0.1, -0.05) is 0 Å². The van der Waals surface area contributed by atoms with Gasteiger partial charge in [0, 0.05) is 26.8 Å². The predicted molar refractivity (Wildman–Crippen MR) is 59.3 cm³/mol. The van der Waals surface area contributed by atoms with E-state index in [1.807, 2.05) is 6.92 Å². The maximum Gasteiger partial charge on any atom is 0.341 e. The highest BCUT2D eigenvalue weighted by Gasteiger charge is 2.14. The molecule has 0 saturated carbocycles. The summed E-state index contributed by atoms with van der Waals surface area (Å²) in [5, 5.41) is 4.08. The first kappa shape index (κ1) is 12.7. The molecule has 1 aromatic heterocycles. The Balaban J connectivity index is 2.44. The van der Waals surface area contributed by atoms with Gasteiger partial charge in [0.15, 0.2) is 0 Å². The van der Waals surface area contributed by atoms with Crippen molar-refractivity contribution < 1.29 is 14.3 Å². The van der Waals surface area contributed by atoms with E-state index >= 15 is 0 Å². The molecule has 0 unspecified atom stereocenters. The molecule has 16 heavy (non-hydrogen) atoms. The van der Waals surface area contributed by atoms with Crippen molar-refractivity contribution in [1.29, 1.82) is 0 Å². The minimum absolute atomic E-state index is 0.0998. The van der Waals surface area contributed by atoms with Crippen molar-refractivity contribution in [3.63, 3.8) is 0 Å². The fourth-order valence-corrected chi connectivity index (χ4v) is 1.31. The van der Waals surface area contributed by atoms with Gasteiger partial charge in [0.2, 0.25) is 0 Å². The highest BCUT2D eigenvalue weighted by Crippen LogP contribution is 2.07. The van der Waals surface area contributed by atoms with Gasteiger partial charge in [0.05, 0.1) is 18.4 Å². The minimum Gasteiger partial charge on any atom is -0.462 e. The number of hydrogen-bond donors (Lipinski definition) is 0. The Bertz CT molecular complexity index is 360. The number of nitrogens with zero attached hydrogens (tertiary/aromatic N) is 2. The maximum atomic E-state index is 11.6. The third kappa shape index (κ3) is 3.34. The van der Waals surface area contributed by atoms with E-state index in [-0.39, 0.29) is 12.1 Å². The molecule has 0 N–H and O–H groups in total. The molecule has 0 spiro atoms. The van der Waals surface area contributed by atoms with Gasteiger partial charge in [-0.05, 0) is 13.8 Å². The summed E-state index contributed by atoms with van der Waals surface area (Å²) in [6, 6.07) is 0. The van der Waals surface area contributed by atoms with Crippen LogP contribution in [0.3, 0.4) is 0 Å². The molecule has 1 rings (SSSR count). The van der Waals surface area contributed by atoms with E-state index in [1.54, 1.807) is 32.0 Å². The average Bonchev–Trinajstić information content (AvgIpc) is 2.57. The Morgan fingerprint density at radius 2 is 2.31 bits per heavy atom. The van der Waals surface area contributed by atoms with Crippen molar-refractivity contribution >= 4 is 5.97 Å². The van der Waals surface area contributed by atoms with Crippen LogP contribution in [-0.2, 0) is 16.5 Å². The van der Waals surface area contributed by atoms with Crippen LogP contribution in [0, 0.1) is 6.92 Å². The largest absolute Gasteiger partial charge is 0.462 e. The van der Waals surface area contributed by atoms with Crippen LogP contribution < -0.4 is 0 Å². The molecule has 90 valence electrons. The van der Waals surface area contributed by atoms with E-state index in [0.717, 1.165) is 0 Å². The molecule has 0 amide bonds. The van der Waals surface area contributed by atoms with Crippen LogP contribution in [0.5, 0.6) is 0 Å². The number of aromatic nitrogens is 2. The molecular formula is C11H18N2O3. The van der Waals surface area contributed by atoms with Crippen molar-refractivity contribution in [2.45, 2.75) is 26.4 Å². The average molecular weight is 226 g/mol. The number of rotatable bonds is 5. The fourth-order valence-electron chi connectivity index (χ4n) is 1.31. The Hall–Kier alpha value is -1.36. The second kappa shape index (κ2) is 5.65. The number of carbonyl (C=O) groups is 1. The second-order valence-electron chi connectivity index (χ2n) is 3.77. The SMILES string of the molecule is CO[C@@H](C)CCOC(=O)c1cn(C)nc1C. The normalized spacial score (nSPS) is 12.5. The van der Waals surface area contributed by atoms with E-state index < -0.39 is 0 Å². The van der Waals surface area contributed by atoms with Crippen LogP contribution in [0.25, 0.3) is 0 Å². The molecule has 5 nitrogen and oxygen atoms in total. The lowest BCUT2D eigenvalue weighted by Crippen LogP contribution is -2.13. The summed E-state index contributed by atoms with van der Waals surface area (Å²) in [7, 11) is 3.41. The second-order valence-corrected chi connectivity index (χ2v) is 3.77. The molecule has 0 fully saturated rings. The van der Waals surface area contributed by atoms with Gasteiger partial charge in [-0.2, -0.15) is 5.10 Å². The molecule has 0 aliphatic heterocycles. The summed E-state index contributed by atoms with van der Waals surface area (Å²) in [5.41, 5.74) is 1.21. The van der Waals surface area contributed by atoms with Gasteiger partial charge in [-0.3, -0.25) is 4.68 Å². The highest BCUT2D eigenvalue weighted by molar-refractivity contribution is 5.90. The van der Waals surface area contributed by atoms with Gasteiger partial charge >= 0.3 is 5.97 Å². The van der Waals surface area contributed by atoms with Crippen molar-refractivity contribution in [1.82, 2.24) is 9.78 Å². The van der Waals surface area contributed by atoms with Crippen LogP contribution in [0.4, 0.5) is 0 Å². The van der Waals surface area contributed by atoms with Crippen molar-refractivity contribution in [2.24, 2.45) is 7.05 Å². The summed E-state index contributed by atoms with van der Waals surface area (Å²) in [6.45, 7) is 4.08. The Labute approximate surface area is 95.3 Å². The monoisotopic (exact) mass is 226 g/mol. The first-order valence-electron chi connectivity index (χ1n) is 5.24. The molecule has 5 heteroatoms. The summed E-state index contributed by atoms with van der Waals surface area (Å²) in [6.07, 6.45) is 2.46. The third-order valence-electron chi connectivity index (χ3n) is 2.39. The number of carbonyl (C=O) groups excluding carboxylic acids is 1. The zero-order chi connectivity index (χ0) is 12.1. The fraction of sp³-hybridized carbons (Fsp3) is 0.636. The zero-order valence-electron chi connectivity index (χ0n) is 10.2. The van der Waals surface area contributed by atoms with Crippen LogP contribution in [-0.4, -0.2) is 35.6 Å². The first-order valence-corrected chi connectivity index (χ1v) is 5.24. The number of aryl methyl sites for hydroxylation is 2. The van der Waals surface area contributed by atoms with Gasteiger partial charge in [-0.25, -0.2) is 4.79 Å². The molecule has 0 saturated heterocycles. The maximum absolute atomic E-state index is 11.6. The zero-order valence-corrected chi connectivity index (χ0v) is 10.2. The van der Waals surface area contributed by atoms with E-state index in [2.05, 4.69) is 5.10 Å². The van der Waals surface area contributed by atoms with Gasteiger partial charge in [0.25, 0.3) is 0 Å². The first-order chi connectivity index (χ1) is 7.54. The number of methoxy groups -OCH3 is 1. The van der Waals surface area contributed by atoms with E-state index in [1.165, 1.54) is 0 Å². The molecule has 0 bridgehead atoms. The van der Waals surface area contributed by atoms with Gasteiger partial charge in [0.1, 0.15) is 5.56 Å². The number of ether oxygens (including phenoxy) is 2. The lowest BCUT2D eigenvalue weighted by atomic mass is 10.2. The molecular weight excluding hydrogens is 208 g/mol. The van der Waals surface area contributed by atoms with Gasteiger partial charge in [-0.15, -0.1) is 0 Å². The molecule has 0 radical (unpaired) electrons. The van der Waals surface area contributed by atoms with E-state index in [9.17, 15) is 4.79 Å². The van der Waals surface area contributed by atoms with Crippen LogP contribution in [0.2, 0.25) is 0 Å². The predicted octanol–water partition coefficient (Wildman–Crippen LogP) is 1.31. The molecule has 1 heterocycles. The van der Waals surface area contributed by atoms with Crippen molar-refractivity contribution in [3.8, 4) is 0 Å². The third-order valence-corrected chi connectivity index (χ3v) is 2.39. The minimum atomic E-state index is -0.325. The molecule has 0 aliphatic carbocycles. The Kier molecular flexibility index (Phi) is 4.49. The van der Waals surface area contributed by atoms with Crippen LogP contribution in [0.15, 0.2) is 6.20 Å². The summed E-state index contributed by atoms with van der Waals surface area (Å²) in [4.78, 5) is 11.6. The molecule has 1 atom stereocenters. The summed E-state index contributed by atoms with van der Waals surface area (Å²) in [5.74, 6) is -0.325. The number of hydrogen-bond acceptors (Lipinski definition) is 4. The van der Waals surface area contributed by atoms with Gasteiger partial charge < -0.3 is 9.47 Å². The van der Waals surface area contributed by atoms with Crippen molar-refractivity contribution in [3.05, 3.63) is 17.5 Å². The Morgan fingerprint density at radius 3 is 2.81 bits per heavy atom. The molecule has 0 aromatic carbocycles. The lowest BCUT2D eigenvalue weighted by Gasteiger charge is -2.09. The molecule has 0 aliphatic rings. The smallest absolute Gasteiger partial charge is 0.341 e. The van der Waals surface area contributed by atoms with Crippen LogP contribution in [0.1, 0.15) is 29.4 Å². The summed E-state index contributed by atoms with van der Waals surface area (Å²) >= 11 is 0.